The van der Waals surface area contributed by atoms with Crippen molar-refractivity contribution in [3.63, 3.8) is 0 Å². The van der Waals surface area contributed by atoms with Crippen LogP contribution < -0.4 is 10.6 Å². The lowest BCUT2D eigenvalue weighted by molar-refractivity contribution is -0.130. The van der Waals surface area contributed by atoms with Crippen LogP contribution in [-0.2, 0) is 15.1 Å². The summed E-state index contributed by atoms with van der Waals surface area (Å²) in [4.78, 5) is 51.3. The Labute approximate surface area is 191 Å². The van der Waals surface area contributed by atoms with Gasteiger partial charge in [-0.25, -0.2) is 4.79 Å². The first-order valence-corrected chi connectivity index (χ1v) is 10.9. The van der Waals surface area contributed by atoms with Crippen molar-refractivity contribution in [2.75, 3.05) is 11.9 Å². The van der Waals surface area contributed by atoms with E-state index in [9.17, 15) is 19.2 Å². The highest BCUT2D eigenvalue weighted by molar-refractivity contribution is 6.11. The van der Waals surface area contributed by atoms with Gasteiger partial charge in [-0.05, 0) is 60.0 Å². The van der Waals surface area contributed by atoms with Gasteiger partial charge in [0.15, 0.2) is 5.78 Å². The summed E-state index contributed by atoms with van der Waals surface area (Å²) in [6, 6.07) is 19.2. The molecule has 4 amide bonds. The van der Waals surface area contributed by atoms with Crippen LogP contribution in [0.3, 0.4) is 0 Å². The predicted molar refractivity (Wildman–Crippen MR) is 126 cm³/mol. The largest absolute Gasteiger partial charge is 0.326 e. The third-order valence-electron chi connectivity index (χ3n) is 5.87. The van der Waals surface area contributed by atoms with E-state index in [1.54, 1.807) is 31.2 Å². The molecule has 0 bridgehead atoms. The summed E-state index contributed by atoms with van der Waals surface area (Å²) in [5.41, 5.74) is 0.336. The van der Waals surface area contributed by atoms with Crippen LogP contribution in [0, 0.1) is 0 Å². The number of imide groups is 1. The average Bonchev–Trinajstić information content (AvgIpc) is 3.03. The van der Waals surface area contributed by atoms with Gasteiger partial charge in [0.2, 0.25) is 5.91 Å². The number of ketones is 1. The van der Waals surface area contributed by atoms with E-state index in [4.69, 9.17) is 0 Å². The molecule has 1 fully saturated rings. The Kier molecular flexibility index (Phi) is 5.96. The molecule has 0 aliphatic carbocycles. The van der Waals surface area contributed by atoms with Crippen LogP contribution in [0.2, 0.25) is 0 Å². The Morgan fingerprint density at radius 2 is 1.67 bits per heavy atom. The van der Waals surface area contributed by atoms with Gasteiger partial charge in [-0.2, -0.15) is 0 Å². The van der Waals surface area contributed by atoms with E-state index in [2.05, 4.69) is 10.6 Å². The molecule has 4 rings (SSSR count). The standard InChI is InChI=1S/C26H25N3O4/c1-3-6-23(31)27-21-13-10-18(11-14-21)22(30)16-29-24(32)26(2,28-25(29)33)20-12-9-17-7-4-5-8-19(17)15-20/h4-5,7-15H,3,6,16H2,1-2H3,(H,27,31)(H,28,33). The monoisotopic (exact) mass is 443 g/mol. The number of hydrogen-bond donors (Lipinski definition) is 2. The number of hydrogen-bond acceptors (Lipinski definition) is 4. The molecule has 3 aromatic carbocycles. The number of anilines is 1. The number of Topliss-reactive ketones (excluding diaryl/α,β-unsaturated/α-hetero) is 1. The van der Waals surface area contributed by atoms with E-state index < -0.39 is 17.5 Å². The van der Waals surface area contributed by atoms with Gasteiger partial charge in [-0.1, -0.05) is 43.3 Å². The van der Waals surface area contributed by atoms with Crippen molar-refractivity contribution in [1.29, 1.82) is 0 Å². The summed E-state index contributed by atoms with van der Waals surface area (Å²) in [6.07, 6.45) is 1.16. The maximum Gasteiger partial charge on any atom is 0.325 e. The molecule has 1 heterocycles. The summed E-state index contributed by atoms with van der Waals surface area (Å²) < 4.78 is 0. The van der Waals surface area contributed by atoms with Crippen molar-refractivity contribution >= 4 is 40.1 Å². The van der Waals surface area contributed by atoms with Crippen molar-refractivity contribution in [2.24, 2.45) is 0 Å². The zero-order chi connectivity index (χ0) is 23.6. The van der Waals surface area contributed by atoms with E-state index in [1.165, 1.54) is 0 Å². The van der Waals surface area contributed by atoms with Crippen LogP contribution >= 0.6 is 0 Å². The first-order valence-electron chi connectivity index (χ1n) is 10.9. The minimum Gasteiger partial charge on any atom is -0.326 e. The van der Waals surface area contributed by atoms with Crippen molar-refractivity contribution in [3.8, 4) is 0 Å². The highest BCUT2D eigenvalue weighted by Gasteiger charge is 2.49. The fourth-order valence-corrected chi connectivity index (χ4v) is 3.96. The second-order valence-corrected chi connectivity index (χ2v) is 8.31. The molecule has 1 aliphatic rings. The SMILES string of the molecule is CCCC(=O)Nc1ccc(C(=O)CN2C(=O)NC(C)(c3ccc4ccccc4c3)C2=O)cc1. The summed E-state index contributed by atoms with van der Waals surface area (Å²) in [5.74, 6) is -0.934. The maximum atomic E-state index is 13.2. The molecule has 1 aliphatic heterocycles. The molecule has 168 valence electrons. The predicted octanol–water partition coefficient (Wildman–Crippen LogP) is 4.23. The molecule has 3 aromatic rings. The number of urea groups is 1. The van der Waals surface area contributed by atoms with Crippen LogP contribution in [-0.4, -0.2) is 35.1 Å². The van der Waals surface area contributed by atoms with Gasteiger partial charge in [0.25, 0.3) is 5.91 Å². The van der Waals surface area contributed by atoms with E-state index >= 15 is 0 Å². The van der Waals surface area contributed by atoms with Crippen LogP contribution in [0.1, 0.15) is 42.6 Å². The number of nitrogens with one attached hydrogen (secondary N) is 2. The van der Waals surface area contributed by atoms with Crippen molar-refractivity contribution in [3.05, 3.63) is 77.9 Å². The van der Waals surface area contributed by atoms with Gasteiger partial charge in [0, 0.05) is 17.7 Å². The Hall–Kier alpha value is -4.00. The molecule has 0 aromatic heterocycles. The normalized spacial score (nSPS) is 17.8. The van der Waals surface area contributed by atoms with Gasteiger partial charge in [-0.3, -0.25) is 19.3 Å². The fourth-order valence-electron chi connectivity index (χ4n) is 3.96. The maximum absolute atomic E-state index is 13.2. The quantitative estimate of drug-likeness (QED) is 0.422. The number of amides is 4. The molecule has 1 atom stereocenters. The molecule has 33 heavy (non-hydrogen) atoms. The summed E-state index contributed by atoms with van der Waals surface area (Å²) in [7, 11) is 0. The van der Waals surface area contributed by atoms with Crippen LogP contribution in [0.25, 0.3) is 10.8 Å². The van der Waals surface area contributed by atoms with E-state index in [-0.39, 0.29) is 18.2 Å². The number of carbonyl (C=O) groups is 4. The van der Waals surface area contributed by atoms with E-state index in [1.807, 2.05) is 49.4 Å². The van der Waals surface area contributed by atoms with E-state index in [0.29, 0.717) is 23.2 Å². The molecule has 7 nitrogen and oxygen atoms in total. The smallest absolute Gasteiger partial charge is 0.325 e. The molecular weight excluding hydrogens is 418 g/mol. The molecule has 2 N–H and O–H groups in total. The Bertz CT molecular complexity index is 1250. The summed E-state index contributed by atoms with van der Waals surface area (Å²) >= 11 is 0. The second kappa shape index (κ2) is 8.86. The Morgan fingerprint density at radius 3 is 2.36 bits per heavy atom. The molecule has 1 unspecified atom stereocenters. The minimum atomic E-state index is -1.26. The first kappa shape index (κ1) is 22.2. The highest BCUT2D eigenvalue weighted by Crippen LogP contribution is 2.31. The second-order valence-electron chi connectivity index (χ2n) is 8.31. The summed E-state index contributed by atoms with van der Waals surface area (Å²) in [5, 5.41) is 7.50. The highest BCUT2D eigenvalue weighted by atomic mass is 16.2. The number of fused-ring (bicyclic) bond motifs is 1. The first-order chi connectivity index (χ1) is 15.8. The zero-order valence-electron chi connectivity index (χ0n) is 18.6. The fraction of sp³-hybridized carbons (Fsp3) is 0.231. The van der Waals surface area contributed by atoms with Gasteiger partial charge >= 0.3 is 6.03 Å². The lowest BCUT2D eigenvalue weighted by atomic mass is 9.90. The van der Waals surface area contributed by atoms with Crippen LogP contribution in [0.5, 0.6) is 0 Å². The van der Waals surface area contributed by atoms with Gasteiger partial charge in [0.05, 0.1) is 6.54 Å². The third-order valence-corrected chi connectivity index (χ3v) is 5.87. The molecular formula is C26H25N3O4. The van der Waals surface area contributed by atoms with Crippen molar-refractivity contribution in [2.45, 2.75) is 32.2 Å². The Morgan fingerprint density at radius 1 is 0.970 bits per heavy atom. The van der Waals surface area contributed by atoms with Gasteiger partial charge in [0.1, 0.15) is 5.54 Å². The lowest BCUT2D eigenvalue weighted by Crippen LogP contribution is -2.41. The zero-order valence-corrected chi connectivity index (χ0v) is 18.6. The van der Waals surface area contributed by atoms with E-state index in [0.717, 1.165) is 22.1 Å². The lowest BCUT2D eigenvalue weighted by Gasteiger charge is -2.22. The molecule has 0 radical (unpaired) electrons. The minimum absolute atomic E-state index is 0.0936. The third kappa shape index (κ3) is 4.35. The van der Waals surface area contributed by atoms with Crippen molar-refractivity contribution in [1.82, 2.24) is 10.2 Å². The van der Waals surface area contributed by atoms with Crippen LogP contribution in [0.4, 0.5) is 10.5 Å². The topological polar surface area (TPSA) is 95.6 Å². The average molecular weight is 444 g/mol. The summed E-state index contributed by atoms with van der Waals surface area (Å²) in [6.45, 7) is 3.20. The van der Waals surface area contributed by atoms with Gasteiger partial charge < -0.3 is 10.6 Å². The Balaban J connectivity index is 1.49. The molecule has 7 heteroatoms. The molecule has 0 spiro atoms. The number of rotatable bonds is 7. The number of benzene rings is 3. The van der Waals surface area contributed by atoms with Crippen LogP contribution in [0.15, 0.2) is 66.7 Å². The van der Waals surface area contributed by atoms with Crippen molar-refractivity contribution < 1.29 is 19.2 Å². The number of nitrogens with zero attached hydrogens (tertiary/aromatic N) is 1. The molecule has 0 saturated carbocycles. The van der Waals surface area contributed by atoms with Gasteiger partial charge in [-0.15, -0.1) is 0 Å². The molecule has 1 saturated heterocycles. The number of carbonyl (C=O) groups excluding carboxylic acids is 4.